The van der Waals surface area contributed by atoms with E-state index in [0.717, 1.165) is 18.4 Å². The second kappa shape index (κ2) is 2.65. The van der Waals surface area contributed by atoms with Gasteiger partial charge in [0.1, 0.15) is 0 Å². The molecule has 0 amide bonds. The third-order valence-corrected chi connectivity index (χ3v) is 3.29. The Labute approximate surface area is 74.8 Å². The molecule has 0 aromatic carbocycles. The standard InChI is InChI=1S/C11H17N/c1-4-9-7-12(3)8(2)5-10-6-11(9)10/h4-5,9-11H,1,6-7H2,2-3H3. The van der Waals surface area contributed by atoms with Crippen LogP contribution in [-0.4, -0.2) is 18.5 Å². The van der Waals surface area contributed by atoms with E-state index >= 15 is 0 Å². The van der Waals surface area contributed by atoms with E-state index in [9.17, 15) is 0 Å². The molecule has 1 heteroatoms. The first-order valence-corrected chi connectivity index (χ1v) is 4.74. The molecular formula is C11H17N. The fraction of sp³-hybridized carbons (Fsp3) is 0.636. The molecule has 1 fully saturated rings. The first-order chi connectivity index (χ1) is 5.72. The van der Waals surface area contributed by atoms with Crippen LogP contribution in [0.5, 0.6) is 0 Å². The quantitative estimate of drug-likeness (QED) is 0.536. The summed E-state index contributed by atoms with van der Waals surface area (Å²) >= 11 is 0. The van der Waals surface area contributed by atoms with Crippen molar-refractivity contribution in [3.8, 4) is 0 Å². The molecule has 3 unspecified atom stereocenters. The Morgan fingerprint density at radius 2 is 2.42 bits per heavy atom. The Hall–Kier alpha value is -0.720. The molecule has 0 bridgehead atoms. The van der Waals surface area contributed by atoms with Crippen LogP contribution in [0.3, 0.4) is 0 Å². The molecular weight excluding hydrogens is 146 g/mol. The average molecular weight is 163 g/mol. The Kier molecular flexibility index (Phi) is 1.75. The second-order valence-electron chi connectivity index (χ2n) is 4.15. The van der Waals surface area contributed by atoms with E-state index in [-0.39, 0.29) is 0 Å². The number of allylic oxidation sites excluding steroid dienone is 2. The first kappa shape index (κ1) is 7.90. The molecule has 0 aromatic heterocycles. The summed E-state index contributed by atoms with van der Waals surface area (Å²) in [5.74, 6) is 2.48. The van der Waals surface area contributed by atoms with Crippen LogP contribution in [0.1, 0.15) is 13.3 Å². The fourth-order valence-corrected chi connectivity index (χ4v) is 2.20. The molecule has 1 aliphatic heterocycles. The van der Waals surface area contributed by atoms with Crippen molar-refractivity contribution in [3.05, 3.63) is 24.4 Å². The Bertz CT molecular complexity index is 229. The molecule has 1 heterocycles. The summed E-state index contributed by atoms with van der Waals surface area (Å²) in [5, 5.41) is 0. The summed E-state index contributed by atoms with van der Waals surface area (Å²) in [5.41, 5.74) is 1.44. The van der Waals surface area contributed by atoms with E-state index < -0.39 is 0 Å². The molecule has 0 aromatic rings. The zero-order valence-corrected chi connectivity index (χ0v) is 7.96. The fourth-order valence-electron chi connectivity index (χ4n) is 2.20. The molecule has 66 valence electrons. The summed E-state index contributed by atoms with van der Waals surface area (Å²) in [6.45, 7) is 7.28. The van der Waals surface area contributed by atoms with Gasteiger partial charge in [0.05, 0.1) is 0 Å². The normalized spacial score (nSPS) is 39.7. The van der Waals surface area contributed by atoms with Gasteiger partial charge in [0.25, 0.3) is 0 Å². The Balaban J connectivity index is 2.16. The zero-order chi connectivity index (χ0) is 8.72. The van der Waals surface area contributed by atoms with Crippen LogP contribution in [0.4, 0.5) is 0 Å². The highest BCUT2D eigenvalue weighted by molar-refractivity contribution is 5.15. The summed E-state index contributed by atoms with van der Waals surface area (Å²) in [6.07, 6.45) is 5.95. The van der Waals surface area contributed by atoms with E-state index in [4.69, 9.17) is 0 Å². The van der Waals surface area contributed by atoms with Crippen LogP contribution in [0.15, 0.2) is 24.4 Å². The molecule has 2 aliphatic rings. The maximum Gasteiger partial charge on any atom is 0.0237 e. The lowest BCUT2D eigenvalue weighted by Gasteiger charge is -2.22. The molecule has 12 heavy (non-hydrogen) atoms. The number of hydrogen-bond acceptors (Lipinski definition) is 1. The third-order valence-electron chi connectivity index (χ3n) is 3.29. The van der Waals surface area contributed by atoms with Crippen molar-refractivity contribution in [1.29, 1.82) is 0 Å². The number of hydrogen-bond donors (Lipinski definition) is 0. The highest BCUT2D eigenvalue weighted by Gasteiger charge is 2.42. The van der Waals surface area contributed by atoms with Crippen LogP contribution >= 0.6 is 0 Å². The molecule has 2 rings (SSSR count). The van der Waals surface area contributed by atoms with Gasteiger partial charge in [-0.2, -0.15) is 0 Å². The lowest BCUT2D eigenvalue weighted by atomic mass is 10.0. The van der Waals surface area contributed by atoms with Crippen molar-refractivity contribution in [3.63, 3.8) is 0 Å². The first-order valence-electron chi connectivity index (χ1n) is 4.74. The largest absolute Gasteiger partial charge is 0.378 e. The molecule has 1 aliphatic carbocycles. The van der Waals surface area contributed by atoms with Crippen molar-refractivity contribution >= 4 is 0 Å². The van der Waals surface area contributed by atoms with Crippen LogP contribution in [-0.2, 0) is 0 Å². The van der Waals surface area contributed by atoms with Crippen LogP contribution < -0.4 is 0 Å². The Morgan fingerprint density at radius 1 is 1.67 bits per heavy atom. The second-order valence-corrected chi connectivity index (χ2v) is 4.15. The van der Waals surface area contributed by atoms with Crippen molar-refractivity contribution < 1.29 is 0 Å². The highest BCUT2D eigenvalue weighted by Crippen LogP contribution is 2.48. The zero-order valence-electron chi connectivity index (χ0n) is 7.96. The van der Waals surface area contributed by atoms with Crippen LogP contribution in [0.25, 0.3) is 0 Å². The predicted octanol–water partition coefficient (Wildman–Crippen LogP) is 2.27. The van der Waals surface area contributed by atoms with Gasteiger partial charge < -0.3 is 4.90 Å². The van der Waals surface area contributed by atoms with E-state index in [0.29, 0.717) is 5.92 Å². The topological polar surface area (TPSA) is 3.24 Å². The van der Waals surface area contributed by atoms with Crippen LogP contribution in [0.2, 0.25) is 0 Å². The van der Waals surface area contributed by atoms with E-state index in [1.54, 1.807) is 0 Å². The minimum absolute atomic E-state index is 0.716. The van der Waals surface area contributed by atoms with Crippen molar-refractivity contribution in [2.75, 3.05) is 13.6 Å². The van der Waals surface area contributed by atoms with Gasteiger partial charge in [-0.25, -0.2) is 0 Å². The minimum Gasteiger partial charge on any atom is -0.378 e. The molecule has 3 atom stereocenters. The predicted molar refractivity (Wildman–Crippen MR) is 51.7 cm³/mol. The Morgan fingerprint density at radius 3 is 3.08 bits per heavy atom. The van der Waals surface area contributed by atoms with Crippen molar-refractivity contribution in [2.24, 2.45) is 17.8 Å². The van der Waals surface area contributed by atoms with E-state index in [2.05, 4.69) is 37.6 Å². The third kappa shape index (κ3) is 1.17. The van der Waals surface area contributed by atoms with Gasteiger partial charge in [-0.1, -0.05) is 12.2 Å². The monoisotopic (exact) mass is 163 g/mol. The SMILES string of the molecule is C=CC1CN(C)C(C)=CC2CC21. The van der Waals surface area contributed by atoms with Gasteiger partial charge in [-0.15, -0.1) is 6.58 Å². The maximum atomic E-state index is 3.91. The van der Waals surface area contributed by atoms with E-state index in [1.807, 2.05) is 0 Å². The van der Waals surface area contributed by atoms with Gasteiger partial charge in [0.2, 0.25) is 0 Å². The van der Waals surface area contributed by atoms with Gasteiger partial charge in [-0.3, -0.25) is 0 Å². The summed E-state index contributed by atoms with van der Waals surface area (Å²) in [7, 11) is 2.17. The highest BCUT2D eigenvalue weighted by atomic mass is 15.1. The summed E-state index contributed by atoms with van der Waals surface area (Å²) < 4.78 is 0. The van der Waals surface area contributed by atoms with Gasteiger partial charge >= 0.3 is 0 Å². The lowest BCUT2D eigenvalue weighted by Crippen LogP contribution is -2.22. The van der Waals surface area contributed by atoms with Gasteiger partial charge in [0.15, 0.2) is 0 Å². The van der Waals surface area contributed by atoms with Crippen molar-refractivity contribution in [2.45, 2.75) is 13.3 Å². The molecule has 0 radical (unpaired) electrons. The van der Waals surface area contributed by atoms with Crippen molar-refractivity contribution in [1.82, 2.24) is 4.90 Å². The van der Waals surface area contributed by atoms with Crippen LogP contribution in [0, 0.1) is 17.8 Å². The average Bonchev–Trinajstić information content (AvgIpc) is 2.78. The molecule has 0 N–H and O–H groups in total. The lowest BCUT2D eigenvalue weighted by molar-refractivity contribution is 0.355. The molecule has 0 spiro atoms. The molecule has 1 nitrogen and oxygen atoms in total. The molecule has 1 saturated carbocycles. The van der Waals surface area contributed by atoms with Gasteiger partial charge in [-0.05, 0) is 31.1 Å². The maximum absolute atomic E-state index is 3.91. The molecule has 0 saturated heterocycles. The van der Waals surface area contributed by atoms with E-state index in [1.165, 1.54) is 12.1 Å². The number of nitrogens with zero attached hydrogens (tertiary/aromatic N) is 1. The van der Waals surface area contributed by atoms with Gasteiger partial charge in [0, 0.05) is 19.3 Å². The summed E-state index contributed by atoms with van der Waals surface area (Å²) in [6, 6.07) is 0. The number of fused-ring (bicyclic) bond motifs is 1. The summed E-state index contributed by atoms with van der Waals surface area (Å²) in [4.78, 5) is 2.35. The smallest absolute Gasteiger partial charge is 0.0237 e. The number of rotatable bonds is 1. The minimum atomic E-state index is 0.716.